The van der Waals surface area contributed by atoms with E-state index in [1.165, 1.54) is 7.11 Å². The van der Waals surface area contributed by atoms with Crippen LogP contribution in [-0.4, -0.2) is 32.1 Å². The third-order valence-electron chi connectivity index (χ3n) is 3.68. The Kier molecular flexibility index (Phi) is 15.1. The molecular weight excluding hydrogens is 304 g/mol. The minimum atomic E-state index is -0.148. The van der Waals surface area contributed by atoms with Gasteiger partial charge in [0.15, 0.2) is 5.78 Å². The predicted octanol–water partition coefficient (Wildman–Crippen LogP) is 4.55. The van der Waals surface area contributed by atoms with Crippen LogP contribution in [0.3, 0.4) is 0 Å². The van der Waals surface area contributed by atoms with Gasteiger partial charge >= 0.3 is 5.97 Å². The summed E-state index contributed by atoms with van der Waals surface area (Å²) in [7, 11) is 3.11. The quantitative estimate of drug-likeness (QED) is 0.202. The molecule has 0 N–H and O–H groups in total. The molecule has 0 rings (SSSR count). The predicted molar refractivity (Wildman–Crippen MR) is 97.9 cm³/mol. The number of unbranched alkanes of at least 4 members (excludes halogenated alkanes) is 4. The highest BCUT2D eigenvalue weighted by Crippen LogP contribution is 2.08. The van der Waals surface area contributed by atoms with E-state index in [1.807, 2.05) is 24.3 Å². The van der Waals surface area contributed by atoms with Crippen molar-refractivity contribution in [3.05, 3.63) is 36.5 Å². The van der Waals surface area contributed by atoms with Crippen molar-refractivity contribution >= 4 is 11.8 Å². The lowest BCUT2D eigenvalue weighted by Gasteiger charge is -2.04. The second kappa shape index (κ2) is 16.2. The van der Waals surface area contributed by atoms with E-state index in [-0.39, 0.29) is 17.9 Å². The number of methoxy groups -OCH3 is 2. The summed E-state index contributed by atoms with van der Waals surface area (Å²) in [6.07, 6.45) is 18.1. The highest BCUT2D eigenvalue weighted by Gasteiger charge is 2.00. The molecule has 136 valence electrons. The van der Waals surface area contributed by atoms with Crippen molar-refractivity contribution < 1.29 is 19.1 Å². The summed E-state index contributed by atoms with van der Waals surface area (Å²) < 4.78 is 9.81. The van der Waals surface area contributed by atoms with Crippen molar-refractivity contribution in [2.75, 3.05) is 14.2 Å². The molecule has 0 radical (unpaired) electrons. The molecule has 0 fully saturated rings. The number of ether oxygens (including phenoxy) is 2. The Morgan fingerprint density at radius 1 is 0.875 bits per heavy atom. The highest BCUT2D eigenvalue weighted by molar-refractivity contribution is 5.89. The molecule has 0 amide bonds. The van der Waals surface area contributed by atoms with Gasteiger partial charge in [-0.1, -0.05) is 56.6 Å². The normalized spacial score (nSPS) is 13.1. The van der Waals surface area contributed by atoms with Crippen molar-refractivity contribution in [1.82, 2.24) is 0 Å². The van der Waals surface area contributed by atoms with Gasteiger partial charge in [0.2, 0.25) is 0 Å². The van der Waals surface area contributed by atoms with E-state index in [0.29, 0.717) is 12.8 Å². The largest absolute Gasteiger partial charge is 0.469 e. The fourth-order valence-corrected chi connectivity index (χ4v) is 2.14. The van der Waals surface area contributed by atoms with Crippen LogP contribution in [0.25, 0.3) is 0 Å². The molecular formula is C20H32O4. The summed E-state index contributed by atoms with van der Waals surface area (Å²) in [4.78, 5) is 22.6. The standard InChI is InChI=1S/C20H32O4/c1-4-19(23-2)16-12-9-8-11-15-18(21)14-10-6-5-7-13-17-20(22)24-3/h8-9,11-12,15-16,19H,4-7,10,13-14,17H2,1-3H3. The van der Waals surface area contributed by atoms with Gasteiger partial charge in [-0.25, -0.2) is 0 Å². The summed E-state index contributed by atoms with van der Waals surface area (Å²) in [5.74, 6) is 0.00664. The average molecular weight is 336 g/mol. The SMILES string of the molecule is CCC(C=CC=CC=CC(=O)CCCCCCCC(=O)OC)OC. The number of rotatable bonds is 14. The van der Waals surface area contributed by atoms with Gasteiger partial charge in [0.25, 0.3) is 0 Å². The molecule has 0 aliphatic rings. The average Bonchev–Trinajstić information content (AvgIpc) is 2.60. The Bertz CT molecular complexity index is 417. The van der Waals surface area contributed by atoms with Gasteiger partial charge in [-0.05, 0) is 25.3 Å². The van der Waals surface area contributed by atoms with E-state index >= 15 is 0 Å². The molecule has 0 aliphatic carbocycles. The third kappa shape index (κ3) is 13.9. The van der Waals surface area contributed by atoms with Crippen molar-refractivity contribution in [2.45, 2.75) is 64.4 Å². The van der Waals surface area contributed by atoms with Crippen LogP contribution in [0.4, 0.5) is 0 Å². The van der Waals surface area contributed by atoms with Gasteiger partial charge in [0.1, 0.15) is 0 Å². The van der Waals surface area contributed by atoms with Crippen LogP contribution < -0.4 is 0 Å². The second-order valence-electron chi connectivity index (χ2n) is 5.62. The topological polar surface area (TPSA) is 52.6 Å². The molecule has 0 aromatic heterocycles. The van der Waals surface area contributed by atoms with Crippen molar-refractivity contribution in [1.29, 1.82) is 0 Å². The monoisotopic (exact) mass is 336 g/mol. The Balaban J connectivity index is 3.66. The Labute approximate surface area is 146 Å². The number of hydrogen-bond donors (Lipinski definition) is 0. The molecule has 0 bridgehead atoms. The van der Waals surface area contributed by atoms with Gasteiger partial charge in [0.05, 0.1) is 13.2 Å². The van der Waals surface area contributed by atoms with Crippen molar-refractivity contribution in [3.8, 4) is 0 Å². The molecule has 0 saturated heterocycles. The number of carbonyl (C=O) groups excluding carboxylic acids is 2. The van der Waals surface area contributed by atoms with Crippen molar-refractivity contribution in [2.24, 2.45) is 0 Å². The molecule has 0 heterocycles. The number of carbonyl (C=O) groups is 2. The first-order valence-corrected chi connectivity index (χ1v) is 8.78. The van der Waals surface area contributed by atoms with Gasteiger partial charge < -0.3 is 9.47 Å². The van der Waals surface area contributed by atoms with E-state index in [9.17, 15) is 9.59 Å². The Morgan fingerprint density at radius 2 is 1.50 bits per heavy atom. The number of allylic oxidation sites excluding steroid dienone is 5. The first-order valence-electron chi connectivity index (χ1n) is 8.78. The molecule has 0 aliphatic heterocycles. The summed E-state index contributed by atoms with van der Waals surface area (Å²) in [5, 5.41) is 0. The fourth-order valence-electron chi connectivity index (χ4n) is 2.14. The molecule has 0 saturated carbocycles. The summed E-state index contributed by atoms with van der Waals surface area (Å²) in [6.45, 7) is 2.07. The lowest BCUT2D eigenvalue weighted by atomic mass is 10.1. The Hall–Kier alpha value is -1.68. The molecule has 0 spiro atoms. The van der Waals surface area contributed by atoms with E-state index in [4.69, 9.17) is 4.74 Å². The minimum Gasteiger partial charge on any atom is -0.469 e. The summed E-state index contributed by atoms with van der Waals surface area (Å²) in [5.41, 5.74) is 0. The van der Waals surface area contributed by atoms with Crippen LogP contribution in [-0.2, 0) is 19.1 Å². The molecule has 1 atom stereocenters. The van der Waals surface area contributed by atoms with Crippen LogP contribution in [0.5, 0.6) is 0 Å². The van der Waals surface area contributed by atoms with Crippen LogP contribution in [0.1, 0.15) is 58.3 Å². The van der Waals surface area contributed by atoms with Gasteiger partial charge in [-0.3, -0.25) is 9.59 Å². The van der Waals surface area contributed by atoms with Crippen LogP contribution in [0.15, 0.2) is 36.5 Å². The fraction of sp³-hybridized carbons (Fsp3) is 0.600. The summed E-state index contributed by atoms with van der Waals surface area (Å²) >= 11 is 0. The zero-order valence-electron chi connectivity index (χ0n) is 15.3. The maximum absolute atomic E-state index is 11.7. The number of esters is 1. The van der Waals surface area contributed by atoms with Gasteiger partial charge in [-0.2, -0.15) is 0 Å². The number of hydrogen-bond acceptors (Lipinski definition) is 4. The lowest BCUT2D eigenvalue weighted by molar-refractivity contribution is -0.140. The molecule has 1 unspecified atom stereocenters. The molecule has 4 nitrogen and oxygen atoms in total. The Morgan fingerprint density at radius 3 is 2.12 bits per heavy atom. The maximum Gasteiger partial charge on any atom is 0.305 e. The van der Waals surface area contributed by atoms with Crippen LogP contribution in [0, 0.1) is 0 Å². The van der Waals surface area contributed by atoms with Crippen LogP contribution >= 0.6 is 0 Å². The highest BCUT2D eigenvalue weighted by atomic mass is 16.5. The van der Waals surface area contributed by atoms with Crippen LogP contribution in [0.2, 0.25) is 0 Å². The zero-order valence-corrected chi connectivity index (χ0v) is 15.3. The zero-order chi connectivity index (χ0) is 18.0. The molecule has 0 aromatic carbocycles. The van der Waals surface area contributed by atoms with Crippen molar-refractivity contribution in [3.63, 3.8) is 0 Å². The molecule has 24 heavy (non-hydrogen) atoms. The molecule has 4 heteroatoms. The first-order chi connectivity index (χ1) is 11.6. The van der Waals surface area contributed by atoms with Gasteiger partial charge in [-0.15, -0.1) is 0 Å². The van der Waals surface area contributed by atoms with E-state index in [2.05, 4.69) is 11.7 Å². The van der Waals surface area contributed by atoms with E-state index in [0.717, 1.165) is 38.5 Å². The van der Waals surface area contributed by atoms with Gasteiger partial charge in [0, 0.05) is 20.0 Å². The van der Waals surface area contributed by atoms with E-state index in [1.54, 1.807) is 19.3 Å². The smallest absolute Gasteiger partial charge is 0.305 e. The summed E-state index contributed by atoms with van der Waals surface area (Å²) in [6, 6.07) is 0. The minimum absolute atomic E-state index is 0.146. The number of ketones is 1. The third-order valence-corrected chi connectivity index (χ3v) is 3.68. The molecule has 0 aromatic rings. The second-order valence-corrected chi connectivity index (χ2v) is 5.62. The maximum atomic E-state index is 11.7. The van der Waals surface area contributed by atoms with E-state index < -0.39 is 0 Å². The lowest BCUT2D eigenvalue weighted by Crippen LogP contribution is -2.03. The first kappa shape index (κ1) is 22.3.